The molecule has 3 aromatic carbocycles. The second-order valence-corrected chi connectivity index (χ2v) is 7.07. The van der Waals surface area contributed by atoms with Crippen molar-refractivity contribution < 1.29 is 10.2 Å². The lowest BCUT2D eigenvalue weighted by atomic mass is 10.1. The molecule has 0 saturated heterocycles. The van der Waals surface area contributed by atoms with E-state index in [1.807, 2.05) is 78.5 Å². The maximum atomic E-state index is 6.09. The molecular weight excluding hydrogens is 402 g/mol. The number of benzene rings is 3. The molecule has 27 heavy (non-hydrogen) atoms. The second-order valence-electron chi connectivity index (χ2n) is 6.16. The van der Waals surface area contributed by atoms with E-state index in [0.29, 0.717) is 6.61 Å². The zero-order valence-corrected chi connectivity index (χ0v) is 16.2. The number of hydrogen-bond donors (Lipinski definition) is 2. The fourth-order valence-electron chi connectivity index (χ4n) is 2.89. The highest BCUT2D eigenvalue weighted by Gasteiger charge is 2.09. The molecule has 0 aliphatic rings. The summed E-state index contributed by atoms with van der Waals surface area (Å²) in [6.45, 7) is 0.534. The van der Waals surface area contributed by atoms with Crippen molar-refractivity contribution in [1.29, 1.82) is 0 Å². The Bertz CT molecular complexity index is 1060. The Morgan fingerprint density at radius 2 is 1.78 bits per heavy atom. The van der Waals surface area contributed by atoms with E-state index in [1.54, 1.807) is 0 Å². The summed E-state index contributed by atoms with van der Waals surface area (Å²) in [5.74, 6) is 0.850. The van der Waals surface area contributed by atoms with Crippen LogP contribution in [-0.2, 0) is 6.61 Å². The molecule has 0 saturated carbocycles. The van der Waals surface area contributed by atoms with Crippen molar-refractivity contribution >= 4 is 38.7 Å². The Morgan fingerprint density at radius 1 is 0.963 bits per heavy atom. The summed E-state index contributed by atoms with van der Waals surface area (Å²) < 4.78 is 7.14. The van der Waals surface area contributed by atoms with Crippen LogP contribution >= 0.6 is 15.9 Å². The van der Waals surface area contributed by atoms with Gasteiger partial charge in [-0.05, 0) is 29.8 Å². The van der Waals surface area contributed by atoms with Gasteiger partial charge in [-0.3, -0.25) is 0 Å². The van der Waals surface area contributed by atoms with Gasteiger partial charge in [0.15, 0.2) is 5.69 Å². The smallest absolute Gasteiger partial charge is 0.155 e. The number of rotatable bonds is 6. The molecule has 0 radical (unpaired) electrons. The number of H-pyrrole nitrogens is 1. The highest BCUT2D eigenvalue weighted by Crippen LogP contribution is 2.28. The first-order chi connectivity index (χ1) is 13.3. The molecule has 1 aromatic heterocycles. The molecule has 134 valence electrons. The highest BCUT2D eigenvalue weighted by atomic mass is 79.9. The van der Waals surface area contributed by atoms with E-state index in [0.717, 1.165) is 37.9 Å². The third-order valence-corrected chi connectivity index (χ3v) is 4.77. The summed E-state index contributed by atoms with van der Waals surface area (Å²) in [5.41, 5.74) is 6.07. The van der Waals surface area contributed by atoms with Gasteiger partial charge in [0.25, 0.3) is 0 Å². The molecule has 0 amide bonds. The molecule has 0 atom stereocenters. The Morgan fingerprint density at radius 3 is 2.59 bits per heavy atom. The predicted molar refractivity (Wildman–Crippen MR) is 112 cm³/mol. The van der Waals surface area contributed by atoms with Crippen molar-refractivity contribution in [3.05, 3.63) is 94.6 Å². The molecule has 4 nitrogen and oxygen atoms in total. The molecule has 4 aromatic rings. The van der Waals surface area contributed by atoms with Crippen molar-refractivity contribution in [3.8, 4) is 5.75 Å². The molecule has 1 heterocycles. The van der Waals surface area contributed by atoms with Crippen LogP contribution in [0.4, 0.5) is 5.69 Å². The summed E-state index contributed by atoms with van der Waals surface area (Å²) >= 11 is 3.44. The number of aromatic amines is 1. The number of aromatic nitrogens is 1. The Kier molecular flexibility index (Phi) is 5.32. The van der Waals surface area contributed by atoms with Crippen LogP contribution < -0.4 is 10.2 Å². The minimum Gasteiger partial charge on any atom is -0.488 e. The van der Waals surface area contributed by atoms with Crippen LogP contribution in [0.15, 0.2) is 88.6 Å². The SMILES string of the molecule is Brc1ccc([NH2+]/N=C/c2c[nH]c3cccc(OCc4ccccc4)c23)cc1. The Labute approximate surface area is 166 Å². The monoisotopic (exact) mass is 420 g/mol. The van der Waals surface area contributed by atoms with Crippen LogP contribution in [0.2, 0.25) is 0 Å². The molecule has 0 unspecified atom stereocenters. The summed E-state index contributed by atoms with van der Waals surface area (Å²) in [6, 6.07) is 24.2. The van der Waals surface area contributed by atoms with Crippen LogP contribution in [0, 0.1) is 0 Å². The van der Waals surface area contributed by atoms with Crippen molar-refractivity contribution in [3.63, 3.8) is 0 Å². The van der Waals surface area contributed by atoms with Crippen molar-refractivity contribution in [1.82, 2.24) is 4.98 Å². The minimum absolute atomic E-state index is 0.534. The number of halogens is 1. The summed E-state index contributed by atoms with van der Waals surface area (Å²) in [5, 5.41) is 5.53. The first kappa shape index (κ1) is 17.5. The highest BCUT2D eigenvalue weighted by molar-refractivity contribution is 9.10. The Balaban J connectivity index is 1.54. The number of ether oxygens (including phenoxy) is 1. The Hall–Kier alpha value is -2.89. The number of nitrogens with zero attached hydrogens (tertiary/aromatic N) is 1. The van der Waals surface area contributed by atoms with E-state index in [-0.39, 0.29) is 0 Å². The molecule has 5 heteroatoms. The molecule has 0 aliphatic carbocycles. The summed E-state index contributed by atoms with van der Waals surface area (Å²) in [4.78, 5) is 3.29. The average molecular weight is 421 g/mol. The predicted octanol–water partition coefficient (Wildman–Crippen LogP) is 4.74. The minimum atomic E-state index is 0.534. The van der Waals surface area contributed by atoms with Gasteiger partial charge in [-0.1, -0.05) is 57.4 Å². The van der Waals surface area contributed by atoms with Crippen molar-refractivity contribution in [2.24, 2.45) is 5.10 Å². The van der Waals surface area contributed by atoms with Crippen LogP contribution in [-0.4, -0.2) is 11.2 Å². The van der Waals surface area contributed by atoms with Crippen LogP contribution in [0.1, 0.15) is 11.1 Å². The largest absolute Gasteiger partial charge is 0.488 e. The topological polar surface area (TPSA) is 54.0 Å². The summed E-state index contributed by atoms with van der Waals surface area (Å²) in [7, 11) is 0. The van der Waals surface area contributed by atoms with Gasteiger partial charge in [0, 0.05) is 33.9 Å². The first-order valence-electron chi connectivity index (χ1n) is 8.68. The number of nitrogens with one attached hydrogen (secondary N) is 1. The lowest BCUT2D eigenvalue weighted by molar-refractivity contribution is -0.577. The molecule has 0 spiro atoms. The van der Waals surface area contributed by atoms with E-state index < -0.39 is 0 Å². The molecule has 0 fully saturated rings. The molecular formula is C22H19BrN3O+. The zero-order chi connectivity index (χ0) is 18.5. The van der Waals surface area contributed by atoms with Gasteiger partial charge in [0.05, 0.1) is 11.6 Å². The lowest BCUT2D eigenvalue weighted by Gasteiger charge is -2.08. The van der Waals surface area contributed by atoms with Gasteiger partial charge < -0.3 is 9.72 Å². The van der Waals surface area contributed by atoms with E-state index >= 15 is 0 Å². The van der Waals surface area contributed by atoms with Crippen LogP contribution in [0.5, 0.6) is 5.75 Å². The summed E-state index contributed by atoms with van der Waals surface area (Å²) in [6.07, 6.45) is 3.81. The van der Waals surface area contributed by atoms with Gasteiger partial charge in [-0.2, -0.15) is 5.43 Å². The standard InChI is InChI=1S/C22H18BrN3O/c23-18-9-11-19(12-10-18)26-25-14-17-13-24-20-7-4-8-21(22(17)20)27-15-16-5-2-1-3-6-16/h1-14,24,26H,15H2/p+1/b25-14+. The van der Waals surface area contributed by atoms with Gasteiger partial charge in [0.2, 0.25) is 0 Å². The van der Waals surface area contributed by atoms with E-state index in [9.17, 15) is 0 Å². The fourth-order valence-corrected chi connectivity index (χ4v) is 3.15. The molecule has 3 N–H and O–H groups in total. The third-order valence-electron chi connectivity index (χ3n) is 4.24. The number of hydrogen-bond acceptors (Lipinski definition) is 2. The molecule has 0 bridgehead atoms. The van der Waals surface area contributed by atoms with Gasteiger partial charge in [-0.15, -0.1) is 0 Å². The zero-order valence-electron chi connectivity index (χ0n) is 14.6. The number of quaternary nitrogens is 1. The van der Waals surface area contributed by atoms with E-state index in [1.165, 1.54) is 0 Å². The molecule has 0 aliphatic heterocycles. The van der Waals surface area contributed by atoms with E-state index in [4.69, 9.17) is 4.74 Å². The van der Waals surface area contributed by atoms with E-state index in [2.05, 4.69) is 38.1 Å². The van der Waals surface area contributed by atoms with Crippen molar-refractivity contribution in [2.45, 2.75) is 6.61 Å². The van der Waals surface area contributed by atoms with Crippen molar-refractivity contribution in [2.75, 3.05) is 0 Å². The first-order valence-corrected chi connectivity index (χ1v) is 9.48. The van der Waals surface area contributed by atoms with Crippen LogP contribution in [0.25, 0.3) is 10.9 Å². The van der Waals surface area contributed by atoms with Gasteiger partial charge >= 0.3 is 0 Å². The number of fused-ring (bicyclic) bond motifs is 1. The third kappa shape index (κ3) is 4.27. The van der Waals surface area contributed by atoms with Crippen LogP contribution in [0.3, 0.4) is 0 Å². The van der Waals surface area contributed by atoms with Gasteiger partial charge in [0.1, 0.15) is 12.4 Å². The van der Waals surface area contributed by atoms with Gasteiger partial charge in [-0.25, -0.2) is 0 Å². The second kappa shape index (κ2) is 8.20. The lowest BCUT2D eigenvalue weighted by Crippen LogP contribution is -2.71. The fraction of sp³-hybridized carbons (Fsp3) is 0.0455. The number of nitrogens with two attached hydrogens (primary N) is 1. The normalized spacial score (nSPS) is 11.3. The maximum Gasteiger partial charge on any atom is 0.155 e. The quantitative estimate of drug-likeness (QED) is 0.201. The average Bonchev–Trinajstić information content (AvgIpc) is 3.12. The molecule has 4 rings (SSSR count). The maximum absolute atomic E-state index is 6.09.